The Bertz CT molecular complexity index is 44.8. The molecule has 0 aliphatic carbocycles. The summed E-state index contributed by atoms with van der Waals surface area (Å²) < 4.78 is 10.1. The molecule has 0 N–H and O–H groups in total. The molecule has 2 heteroatoms. The summed E-state index contributed by atoms with van der Waals surface area (Å²) >= 11 is -0.881. The van der Waals surface area contributed by atoms with Crippen LogP contribution < -0.4 is 0 Å². The third-order valence-corrected chi connectivity index (χ3v) is 1.31. The lowest BCUT2D eigenvalue weighted by Crippen LogP contribution is -1.95. The van der Waals surface area contributed by atoms with E-state index in [9.17, 15) is 4.55 Å². The first kappa shape index (κ1) is 6.05. The zero-order chi connectivity index (χ0) is 4.99. The summed E-state index contributed by atoms with van der Waals surface area (Å²) in [5, 5.41) is 1.19. The van der Waals surface area contributed by atoms with Crippen LogP contribution in [0.2, 0.25) is 0 Å². The van der Waals surface area contributed by atoms with Crippen molar-refractivity contribution in [1.82, 2.24) is 0 Å². The Morgan fingerprint density at radius 3 is 2.50 bits per heavy atom. The van der Waals surface area contributed by atoms with E-state index >= 15 is 0 Å². The van der Waals surface area contributed by atoms with Crippen LogP contribution in [-0.4, -0.2) is 10.3 Å². The van der Waals surface area contributed by atoms with E-state index in [2.05, 4.69) is 0 Å². The molecule has 35 valence electrons. The van der Waals surface area contributed by atoms with Gasteiger partial charge in [-0.3, -0.25) is 0 Å². The van der Waals surface area contributed by atoms with E-state index < -0.39 is 11.2 Å². The van der Waals surface area contributed by atoms with Crippen molar-refractivity contribution in [1.29, 1.82) is 0 Å². The second kappa shape index (κ2) is 3.25. The molecule has 0 bridgehead atoms. The van der Waals surface area contributed by atoms with E-state index in [1.165, 1.54) is 5.41 Å². The third kappa shape index (κ3) is 2.30. The summed E-state index contributed by atoms with van der Waals surface area (Å²) in [5.41, 5.74) is 0. The third-order valence-electron chi connectivity index (χ3n) is 0.436. The largest absolute Gasteiger partial charge is 0.612 e. The highest BCUT2D eigenvalue weighted by Gasteiger charge is 1.87. The van der Waals surface area contributed by atoms with Gasteiger partial charge in [-0.15, -0.1) is 0 Å². The Morgan fingerprint density at radius 1 is 2.00 bits per heavy atom. The van der Waals surface area contributed by atoms with Gasteiger partial charge >= 0.3 is 0 Å². The summed E-state index contributed by atoms with van der Waals surface area (Å²) in [5.74, 6) is 0.622. The molecule has 0 aromatic carbocycles. The minimum atomic E-state index is -0.881. The lowest BCUT2D eigenvalue weighted by molar-refractivity contribution is 0.604. The Balaban J connectivity index is 2.96. The van der Waals surface area contributed by atoms with Gasteiger partial charge in [0.05, 0.1) is 0 Å². The number of rotatable bonds is 2. The van der Waals surface area contributed by atoms with Gasteiger partial charge in [-0.1, -0.05) is 0 Å². The minimum absolute atomic E-state index is 0.622. The molecule has 0 aromatic heterocycles. The second-order valence-electron chi connectivity index (χ2n) is 0.806. The fraction of sp³-hybridized carbons (Fsp3) is 0.500. The van der Waals surface area contributed by atoms with Crippen LogP contribution in [0.15, 0.2) is 5.41 Å². The first-order valence-electron chi connectivity index (χ1n) is 1.73. The average molecular weight is 103 g/mol. The maximum absolute atomic E-state index is 10.1. The molecule has 0 spiro atoms. The maximum atomic E-state index is 10.1. The van der Waals surface area contributed by atoms with E-state index in [4.69, 9.17) is 6.58 Å². The molecule has 0 amide bonds. The molecule has 6 heavy (non-hydrogen) atoms. The van der Waals surface area contributed by atoms with Gasteiger partial charge in [-0.25, -0.2) is 0 Å². The Hall–Kier alpha value is 0.0500. The van der Waals surface area contributed by atoms with Gasteiger partial charge in [-0.2, -0.15) is 0 Å². The predicted octanol–water partition coefficient (Wildman–Crippen LogP) is 0.702. The molecule has 0 rings (SSSR count). The van der Waals surface area contributed by atoms with Gasteiger partial charge in [0.15, 0.2) is 0 Å². The quantitative estimate of drug-likeness (QED) is 0.472. The normalized spacial score (nSPS) is 13.7. The van der Waals surface area contributed by atoms with Crippen LogP contribution in [0.4, 0.5) is 0 Å². The van der Waals surface area contributed by atoms with Crippen LogP contribution >= 0.6 is 0 Å². The molecule has 0 fully saturated rings. The van der Waals surface area contributed by atoms with Gasteiger partial charge < -0.3 is 4.55 Å². The SMILES string of the molecule is [CH]=C[S+]([O-])CC. The van der Waals surface area contributed by atoms with Crippen molar-refractivity contribution in [2.75, 3.05) is 5.75 Å². The summed E-state index contributed by atoms with van der Waals surface area (Å²) in [7, 11) is 0. The van der Waals surface area contributed by atoms with E-state index in [-0.39, 0.29) is 0 Å². The van der Waals surface area contributed by atoms with Crippen molar-refractivity contribution >= 4 is 11.2 Å². The van der Waals surface area contributed by atoms with Gasteiger partial charge in [0, 0.05) is 0 Å². The minimum Gasteiger partial charge on any atom is -0.612 e. The molecule has 0 aliphatic rings. The predicted molar refractivity (Wildman–Crippen MR) is 27.6 cm³/mol. The van der Waals surface area contributed by atoms with Gasteiger partial charge in [0.1, 0.15) is 11.2 Å². The van der Waals surface area contributed by atoms with E-state index in [0.717, 1.165) is 0 Å². The van der Waals surface area contributed by atoms with Crippen LogP contribution in [0.1, 0.15) is 6.92 Å². The first-order chi connectivity index (χ1) is 2.81. The maximum Gasteiger partial charge on any atom is 0.117 e. The van der Waals surface area contributed by atoms with Crippen LogP contribution in [0.5, 0.6) is 0 Å². The summed E-state index contributed by atoms with van der Waals surface area (Å²) in [6.45, 7) is 6.68. The molecule has 1 atom stereocenters. The monoisotopic (exact) mass is 103 g/mol. The zero-order valence-corrected chi connectivity index (χ0v) is 4.49. The number of hydrogen-bond acceptors (Lipinski definition) is 1. The fourth-order valence-corrected chi connectivity index (χ4v) is 0.289. The lowest BCUT2D eigenvalue weighted by atomic mass is 11.0. The summed E-state index contributed by atoms with van der Waals surface area (Å²) in [4.78, 5) is 0. The van der Waals surface area contributed by atoms with Gasteiger partial charge in [0.2, 0.25) is 0 Å². The van der Waals surface area contributed by atoms with Crippen LogP contribution in [0.3, 0.4) is 0 Å². The molecular weight excluding hydrogens is 96.1 g/mol. The second-order valence-corrected chi connectivity index (χ2v) is 2.42. The number of hydrogen-bond donors (Lipinski definition) is 0. The molecule has 0 saturated heterocycles. The van der Waals surface area contributed by atoms with Crippen molar-refractivity contribution < 1.29 is 4.55 Å². The van der Waals surface area contributed by atoms with Crippen LogP contribution in [0.25, 0.3) is 0 Å². The fourth-order valence-electron chi connectivity index (χ4n) is 0.0962. The lowest BCUT2D eigenvalue weighted by Gasteiger charge is -1.96. The molecule has 1 nitrogen and oxygen atoms in total. The molecule has 0 aromatic rings. The molecule has 0 heterocycles. The summed E-state index contributed by atoms with van der Waals surface area (Å²) in [6.07, 6.45) is 0. The highest BCUT2D eigenvalue weighted by atomic mass is 32.2. The van der Waals surface area contributed by atoms with Crippen molar-refractivity contribution in [2.45, 2.75) is 6.92 Å². The highest BCUT2D eigenvalue weighted by Crippen LogP contribution is 1.85. The first-order valence-corrected chi connectivity index (χ1v) is 3.11. The van der Waals surface area contributed by atoms with Crippen LogP contribution in [-0.2, 0) is 11.2 Å². The van der Waals surface area contributed by atoms with Gasteiger partial charge in [-0.05, 0) is 24.7 Å². The van der Waals surface area contributed by atoms with Crippen LogP contribution in [0, 0.1) is 6.58 Å². The van der Waals surface area contributed by atoms with Crippen molar-refractivity contribution in [2.24, 2.45) is 0 Å². The van der Waals surface area contributed by atoms with E-state index in [0.29, 0.717) is 5.75 Å². The van der Waals surface area contributed by atoms with E-state index in [1.807, 2.05) is 6.92 Å². The standard InChI is InChI=1S/C4H7OS/c1-3-6(5)4-2/h1,3H,4H2,2H3. The van der Waals surface area contributed by atoms with Crippen molar-refractivity contribution in [3.8, 4) is 0 Å². The molecule has 0 saturated carbocycles. The molecule has 1 unspecified atom stereocenters. The topological polar surface area (TPSA) is 23.1 Å². The zero-order valence-electron chi connectivity index (χ0n) is 3.68. The molecular formula is C4H7OS. The Kier molecular flexibility index (Phi) is 3.28. The van der Waals surface area contributed by atoms with Gasteiger partial charge in [0.25, 0.3) is 0 Å². The highest BCUT2D eigenvalue weighted by molar-refractivity contribution is 7.94. The molecule has 0 aliphatic heterocycles. The van der Waals surface area contributed by atoms with Crippen molar-refractivity contribution in [3.05, 3.63) is 12.0 Å². The van der Waals surface area contributed by atoms with E-state index in [1.54, 1.807) is 0 Å². The Labute approximate surface area is 41.2 Å². The van der Waals surface area contributed by atoms with Crippen molar-refractivity contribution in [3.63, 3.8) is 0 Å². The average Bonchev–Trinajstić information content (AvgIpc) is 1.65. The smallest absolute Gasteiger partial charge is 0.117 e. The summed E-state index contributed by atoms with van der Waals surface area (Å²) in [6, 6.07) is 0. The Morgan fingerprint density at radius 2 is 2.50 bits per heavy atom. The molecule has 1 radical (unpaired) electrons.